The van der Waals surface area contributed by atoms with E-state index >= 15 is 0 Å². The van der Waals surface area contributed by atoms with E-state index in [9.17, 15) is 0 Å². The van der Waals surface area contributed by atoms with Crippen LogP contribution in [-0.2, 0) is 0 Å². The summed E-state index contributed by atoms with van der Waals surface area (Å²) in [4.78, 5) is 10.4. The second-order valence-electron chi connectivity index (χ2n) is 14.1. The summed E-state index contributed by atoms with van der Waals surface area (Å²) in [7, 11) is 0. The summed E-state index contributed by atoms with van der Waals surface area (Å²) >= 11 is 0. The summed E-state index contributed by atoms with van der Waals surface area (Å²) in [5, 5.41) is 8.06. The highest BCUT2D eigenvalue weighted by molar-refractivity contribution is 6.33. The molecule has 12 aromatic rings. The predicted octanol–water partition coefficient (Wildman–Crippen LogP) is 13.1. The summed E-state index contributed by atoms with van der Waals surface area (Å²) in [6, 6.07) is 64.1. The number of para-hydroxylation sites is 4. The van der Waals surface area contributed by atoms with Crippen molar-refractivity contribution < 1.29 is 4.42 Å². The van der Waals surface area contributed by atoms with Crippen LogP contribution >= 0.6 is 0 Å². The quantitative estimate of drug-likeness (QED) is 0.183. The van der Waals surface area contributed by atoms with Gasteiger partial charge in [0.1, 0.15) is 11.2 Å². The normalized spacial score (nSPS) is 12.0. The Labute approximate surface area is 315 Å². The van der Waals surface area contributed by atoms with E-state index in [1.54, 1.807) is 0 Å². The molecule has 5 nitrogen and oxygen atoms in total. The van der Waals surface area contributed by atoms with Gasteiger partial charge in [-0.25, -0.2) is 9.97 Å². The van der Waals surface area contributed by atoms with Crippen LogP contribution in [0.3, 0.4) is 0 Å². The predicted molar refractivity (Wildman–Crippen MR) is 226 cm³/mol. The number of hydrogen-bond acceptors (Lipinski definition) is 3. The number of rotatable bonds is 4. The zero-order valence-electron chi connectivity index (χ0n) is 29.5. The minimum Gasteiger partial charge on any atom is -0.456 e. The van der Waals surface area contributed by atoms with Crippen molar-refractivity contribution in [3.8, 4) is 34.0 Å². The first-order valence-corrected chi connectivity index (χ1v) is 18.6. The molecular weight excluding hydrogens is 673 g/mol. The Kier molecular flexibility index (Phi) is 6.27. The van der Waals surface area contributed by atoms with Crippen molar-refractivity contribution in [1.29, 1.82) is 0 Å². The number of fused-ring (bicyclic) bond motifs is 12. The first-order valence-electron chi connectivity index (χ1n) is 18.6. The van der Waals surface area contributed by atoms with Gasteiger partial charge >= 0.3 is 0 Å². The molecule has 0 N–H and O–H groups in total. The smallest absolute Gasteiger partial charge is 0.160 e. The van der Waals surface area contributed by atoms with Gasteiger partial charge < -0.3 is 13.6 Å². The standard InChI is InChI=1S/C50H30N4O/c1-3-14-31(15-4-1)48-35-20-7-10-23-39(35)51-50(52-48)32-16-13-19-34(30-32)54-42-28-27-41-45(36-21-8-11-24-40(36)53(41)33-17-5-2-6-18-33)46(42)38-26-29-44-47(49(38)54)37-22-9-12-25-43(37)55-44/h1-30H. The van der Waals surface area contributed by atoms with Gasteiger partial charge in [-0.15, -0.1) is 0 Å². The first-order chi connectivity index (χ1) is 27.3. The van der Waals surface area contributed by atoms with Crippen LogP contribution in [0.4, 0.5) is 0 Å². The third kappa shape index (κ3) is 4.35. The van der Waals surface area contributed by atoms with Crippen LogP contribution in [0.1, 0.15) is 0 Å². The van der Waals surface area contributed by atoms with Crippen LogP contribution in [-0.4, -0.2) is 19.1 Å². The second-order valence-corrected chi connectivity index (χ2v) is 14.1. The Hall–Kier alpha value is -7.50. The topological polar surface area (TPSA) is 48.8 Å². The largest absolute Gasteiger partial charge is 0.456 e. The maximum Gasteiger partial charge on any atom is 0.160 e. The SMILES string of the molecule is c1ccc(-c2nc(-c3cccc(-n4c5ccc6c(c7ccccc7n6-c6ccccc6)c5c5ccc6oc7ccccc7c6c54)c3)nc3ccccc23)cc1. The lowest BCUT2D eigenvalue weighted by Gasteiger charge is -2.12. The minimum absolute atomic E-state index is 0.687. The fourth-order valence-corrected chi connectivity index (χ4v) is 8.79. The summed E-state index contributed by atoms with van der Waals surface area (Å²) in [5.74, 6) is 0.687. The molecular formula is C50H30N4O. The molecule has 0 aliphatic heterocycles. The molecule has 4 aromatic heterocycles. The third-order valence-electron chi connectivity index (χ3n) is 11.1. The highest BCUT2D eigenvalue weighted by atomic mass is 16.3. The zero-order valence-corrected chi connectivity index (χ0v) is 29.5. The number of aromatic nitrogens is 4. The molecule has 0 aliphatic rings. The van der Waals surface area contributed by atoms with Crippen LogP contribution in [0.2, 0.25) is 0 Å². The summed E-state index contributed by atoms with van der Waals surface area (Å²) in [6.07, 6.45) is 0. The Balaban J connectivity index is 1.20. The molecule has 0 fully saturated rings. The maximum atomic E-state index is 6.52. The summed E-state index contributed by atoms with van der Waals surface area (Å²) < 4.78 is 11.3. The van der Waals surface area contributed by atoms with Gasteiger partial charge in [0.15, 0.2) is 5.82 Å². The average Bonchev–Trinajstić information content (AvgIpc) is 3.91. The molecule has 0 spiro atoms. The van der Waals surface area contributed by atoms with Crippen molar-refractivity contribution in [3.63, 3.8) is 0 Å². The van der Waals surface area contributed by atoms with Gasteiger partial charge in [0.2, 0.25) is 0 Å². The lowest BCUT2D eigenvalue weighted by molar-refractivity contribution is 0.669. The fraction of sp³-hybridized carbons (Fsp3) is 0. The van der Waals surface area contributed by atoms with Crippen molar-refractivity contribution in [3.05, 3.63) is 182 Å². The van der Waals surface area contributed by atoms with E-state index in [2.05, 4.69) is 173 Å². The molecule has 0 atom stereocenters. The first kappa shape index (κ1) is 30.0. The molecule has 55 heavy (non-hydrogen) atoms. The van der Waals surface area contributed by atoms with Gasteiger partial charge in [0.25, 0.3) is 0 Å². The van der Waals surface area contributed by atoms with E-state index in [0.29, 0.717) is 5.82 Å². The number of benzene rings is 8. The van der Waals surface area contributed by atoms with E-state index in [1.165, 1.54) is 32.6 Å². The van der Waals surface area contributed by atoms with Crippen LogP contribution in [0, 0.1) is 0 Å². The van der Waals surface area contributed by atoms with E-state index in [-0.39, 0.29) is 0 Å². The summed E-state index contributed by atoms with van der Waals surface area (Å²) in [6.45, 7) is 0. The maximum absolute atomic E-state index is 6.52. The van der Waals surface area contributed by atoms with Gasteiger partial charge in [0.05, 0.1) is 38.7 Å². The lowest BCUT2D eigenvalue weighted by atomic mass is 10.0. The second kappa shape index (κ2) is 11.5. The summed E-state index contributed by atoms with van der Waals surface area (Å²) in [5.41, 5.74) is 12.3. The van der Waals surface area contributed by atoms with Gasteiger partial charge in [-0.05, 0) is 66.7 Å². The van der Waals surface area contributed by atoms with Gasteiger partial charge in [0, 0.05) is 54.8 Å². The number of hydrogen-bond donors (Lipinski definition) is 0. The molecule has 256 valence electrons. The Morgan fingerprint density at radius 2 is 1.04 bits per heavy atom. The van der Waals surface area contributed by atoms with Crippen LogP contribution in [0.5, 0.6) is 0 Å². The Bertz CT molecular complexity index is 3480. The molecule has 12 rings (SSSR count). The van der Waals surface area contributed by atoms with Gasteiger partial charge in [-0.2, -0.15) is 0 Å². The Morgan fingerprint density at radius 1 is 0.382 bits per heavy atom. The van der Waals surface area contributed by atoms with Crippen molar-refractivity contribution in [2.75, 3.05) is 0 Å². The molecule has 5 heteroatoms. The van der Waals surface area contributed by atoms with Crippen LogP contribution in [0.15, 0.2) is 186 Å². The Morgan fingerprint density at radius 3 is 1.89 bits per heavy atom. The molecule has 0 bridgehead atoms. The molecule has 0 radical (unpaired) electrons. The molecule has 0 saturated carbocycles. The molecule has 0 amide bonds. The van der Waals surface area contributed by atoms with E-state index < -0.39 is 0 Å². The van der Waals surface area contributed by atoms with E-state index in [0.717, 1.165) is 72.1 Å². The van der Waals surface area contributed by atoms with Crippen molar-refractivity contribution in [2.45, 2.75) is 0 Å². The lowest BCUT2D eigenvalue weighted by Crippen LogP contribution is -1.98. The van der Waals surface area contributed by atoms with Crippen LogP contribution < -0.4 is 0 Å². The van der Waals surface area contributed by atoms with Gasteiger partial charge in [-0.3, -0.25) is 0 Å². The zero-order chi connectivity index (χ0) is 36.0. The fourth-order valence-electron chi connectivity index (χ4n) is 8.79. The average molecular weight is 703 g/mol. The monoisotopic (exact) mass is 702 g/mol. The number of furan rings is 1. The highest BCUT2D eigenvalue weighted by Gasteiger charge is 2.24. The van der Waals surface area contributed by atoms with Crippen molar-refractivity contribution in [1.82, 2.24) is 19.1 Å². The highest BCUT2D eigenvalue weighted by Crippen LogP contribution is 2.46. The molecule has 0 aliphatic carbocycles. The molecule has 8 aromatic carbocycles. The van der Waals surface area contributed by atoms with E-state index in [4.69, 9.17) is 14.4 Å². The van der Waals surface area contributed by atoms with Gasteiger partial charge in [-0.1, -0.05) is 115 Å². The van der Waals surface area contributed by atoms with Crippen LogP contribution in [0.25, 0.3) is 110 Å². The van der Waals surface area contributed by atoms with Crippen molar-refractivity contribution in [2.24, 2.45) is 0 Å². The molecule has 0 unspecified atom stereocenters. The van der Waals surface area contributed by atoms with E-state index in [1.807, 2.05) is 18.2 Å². The molecule has 4 heterocycles. The third-order valence-corrected chi connectivity index (χ3v) is 11.1. The minimum atomic E-state index is 0.687. The number of nitrogens with zero attached hydrogens (tertiary/aromatic N) is 4. The van der Waals surface area contributed by atoms with Crippen molar-refractivity contribution >= 4 is 76.5 Å². The molecule has 0 saturated heterocycles.